The third-order valence-electron chi connectivity index (χ3n) is 1.73. The van der Waals surface area contributed by atoms with Gasteiger partial charge in [-0.2, -0.15) is 5.10 Å². The van der Waals surface area contributed by atoms with Crippen molar-refractivity contribution in [3.05, 3.63) is 42.5 Å². The molecule has 2 aromatic rings. The van der Waals surface area contributed by atoms with Gasteiger partial charge in [0.15, 0.2) is 0 Å². The molecule has 0 aromatic carbocycles. The fourth-order valence-corrected chi connectivity index (χ4v) is 1.07. The highest BCUT2D eigenvalue weighted by molar-refractivity contribution is 5.27. The molecule has 0 fully saturated rings. The number of aromatic nitrogens is 3. The zero-order valence-corrected chi connectivity index (χ0v) is 6.96. The summed E-state index contributed by atoms with van der Waals surface area (Å²) < 4.78 is 1.68. The van der Waals surface area contributed by atoms with Crippen molar-refractivity contribution < 1.29 is 5.11 Å². The molecule has 0 aliphatic rings. The molecular weight excluding hydrogens is 166 g/mol. The standard InChI is InChI=1S/C9H9N3O/c13-7-8-4-11-12(6-8)9-2-1-3-10-5-9/h1-6,13H,7H2. The minimum Gasteiger partial charge on any atom is -0.392 e. The zero-order chi connectivity index (χ0) is 9.10. The van der Waals surface area contributed by atoms with Gasteiger partial charge in [0.05, 0.1) is 24.7 Å². The number of aliphatic hydroxyl groups excluding tert-OH is 1. The fourth-order valence-electron chi connectivity index (χ4n) is 1.07. The van der Waals surface area contributed by atoms with E-state index in [9.17, 15) is 0 Å². The highest BCUT2D eigenvalue weighted by Crippen LogP contribution is 2.05. The average Bonchev–Trinajstić information content (AvgIpc) is 2.67. The van der Waals surface area contributed by atoms with E-state index in [0.717, 1.165) is 11.3 Å². The highest BCUT2D eigenvalue weighted by Gasteiger charge is 1.98. The van der Waals surface area contributed by atoms with Gasteiger partial charge in [-0.3, -0.25) is 4.98 Å². The van der Waals surface area contributed by atoms with Crippen LogP contribution in [0.25, 0.3) is 5.69 Å². The Morgan fingerprint density at radius 3 is 2.92 bits per heavy atom. The van der Waals surface area contributed by atoms with Gasteiger partial charge < -0.3 is 5.11 Å². The van der Waals surface area contributed by atoms with Crippen molar-refractivity contribution in [2.45, 2.75) is 6.61 Å². The van der Waals surface area contributed by atoms with Crippen molar-refractivity contribution >= 4 is 0 Å². The molecule has 0 saturated carbocycles. The summed E-state index contributed by atoms with van der Waals surface area (Å²) in [7, 11) is 0. The summed E-state index contributed by atoms with van der Waals surface area (Å²) >= 11 is 0. The number of hydrogen-bond acceptors (Lipinski definition) is 3. The maximum absolute atomic E-state index is 8.83. The van der Waals surface area contributed by atoms with Gasteiger partial charge in [-0.05, 0) is 12.1 Å². The van der Waals surface area contributed by atoms with E-state index < -0.39 is 0 Å². The van der Waals surface area contributed by atoms with Crippen LogP contribution >= 0.6 is 0 Å². The predicted octanol–water partition coefficient (Wildman–Crippen LogP) is 0.760. The van der Waals surface area contributed by atoms with Crippen LogP contribution in [0.3, 0.4) is 0 Å². The van der Waals surface area contributed by atoms with E-state index in [4.69, 9.17) is 5.11 Å². The summed E-state index contributed by atoms with van der Waals surface area (Å²) in [5, 5.41) is 12.9. The van der Waals surface area contributed by atoms with Crippen molar-refractivity contribution in [3.63, 3.8) is 0 Å². The number of nitrogens with zero attached hydrogens (tertiary/aromatic N) is 3. The summed E-state index contributed by atoms with van der Waals surface area (Å²) in [5.74, 6) is 0. The maximum Gasteiger partial charge on any atom is 0.0828 e. The van der Waals surface area contributed by atoms with Gasteiger partial charge in [0.1, 0.15) is 0 Å². The molecule has 66 valence electrons. The SMILES string of the molecule is OCc1cnn(-c2cccnc2)c1. The molecule has 0 spiro atoms. The molecule has 2 aromatic heterocycles. The molecule has 13 heavy (non-hydrogen) atoms. The van der Waals surface area contributed by atoms with Gasteiger partial charge in [0, 0.05) is 18.0 Å². The van der Waals surface area contributed by atoms with Crippen LogP contribution in [0.1, 0.15) is 5.56 Å². The smallest absolute Gasteiger partial charge is 0.0828 e. The Hall–Kier alpha value is -1.68. The van der Waals surface area contributed by atoms with Crippen LogP contribution in [0.4, 0.5) is 0 Å². The first-order valence-corrected chi connectivity index (χ1v) is 3.95. The molecule has 4 heteroatoms. The van der Waals surface area contributed by atoms with E-state index in [1.807, 2.05) is 12.1 Å². The molecule has 0 saturated heterocycles. The van der Waals surface area contributed by atoms with Gasteiger partial charge in [-0.25, -0.2) is 4.68 Å². The second-order valence-corrected chi connectivity index (χ2v) is 2.66. The molecule has 2 rings (SSSR count). The lowest BCUT2D eigenvalue weighted by atomic mass is 10.4. The van der Waals surface area contributed by atoms with Crippen LogP contribution in [-0.4, -0.2) is 19.9 Å². The maximum atomic E-state index is 8.83. The Morgan fingerprint density at radius 2 is 2.31 bits per heavy atom. The predicted molar refractivity (Wildman–Crippen MR) is 47.3 cm³/mol. The molecule has 1 N–H and O–H groups in total. The lowest BCUT2D eigenvalue weighted by molar-refractivity contribution is 0.282. The first-order chi connectivity index (χ1) is 6.40. The van der Waals surface area contributed by atoms with Crippen LogP contribution in [0.15, 0.2) is 36.9 Å². The van der Waals surface area contributed by atoms with Crippen LogP contribution < -0.4 is 0 Å². The number of rotatable bonds is 2. The molecule has 0 bridgehead atoms. The third kappa shape index (κ3) is 1.57. The molecular formula is C9H9N3O. The molecule has 0 aliphatic heterocycles. The van der Waals surface area contributed by atoms with E-state index in [2.05, 4.69) is 10.1 Å². The zero-order valence-electron chi connectivity index (χ0n) is 6.96. The number of pyridine rings is 1. The molecule has 0 atom stereocenters. The van der Waals surface area contributed by atoms with Crippen LogP contribution in [0.2, 0.25) is 0 Å². The van der Waals surface area contributed by atoms with E-state index in [1.54, 1.807) is 29.5 Å². The van der Waals surface area contributed by atoms with Crippen molar-refractivity contribution in [1.82, 2.24) is 14.8 Å². The van der Waals surface area contributed by atoms with E-state index in [0.29, 0.717) is 0 Å². The lowest BCUT2D eigenvalue weighted by Crippen LogP contribution is -1.93. The quantitative estimate of drug-likeness (QED) is 0.733. The molecule has 2 heterocycles. The number of hydrogen-bond donors (Lipinski definition) is 1. The summed E-state index contributed by atoms with van der Waals surface area (Å²) in [4.78, 5) is 3.97. The summed E-state index contributed by atoms with van der Waals surface area (Å²) in [5.41, 5.74) is 1.69. The van der Waals surface area contributed by atoms with Gasteiger partial charge >= 0.3 is 0 Å². The van der Waals surface area contributed by atoms with E-state index in [1.165, 1.54) is 0 Å². The molecule has 0 amide bonds. The molecule has 0 unspecified atom stereocenters. The third-order valence-corrected chi connectivity index (χ3v) is 1.73. The summed E-state index contributed by atoms with van der Waals surface area (Å²) in [6.07, 6.45) is 6.83. The Balaban J connectivity index is 2.36. The first kappa shape index (κ1) is 7.94. The van der Waals surface area contributed by atoms with Crippen molar-refractivity contribution in [1.29, 1.82) is 0 Å². The van der Waals surface area contributed by atoms with Crippen LogP contribution in [-0.2, 0) is 6.61 Å². The lowest BCUT2D eigenvalue weighted by Gasteiger charge is -1.97. The minimum atomic E-state index is 0.0141. The van der Waals surface area contributed by atoms with Crippen LogP contribution in [0.5, 0.6) is 0 Å². The highest BCUT2D eigenvalue weighted by atomic mass is 16.3. The monoisotopic (exact) mass is 175 g/mol. The Morgan fingerprint density at radius 1 is 1.38 bits per heavy atom. The van der Waals surface area contributed by atoms with Crippen molar-refractivity contribution in [2.75, 3.05) is 0 Å². The van der Waals surface area contributed by atoms with Gasteiger partial charge in [0.25, 0.3) is 0 Å². The van der Waals surface area contributed by atoms with Gasteiger partial charge in [-0.1, -0.05) is 0 Å². The van der Waals surface area contributed by atoms with Gasteiger partial charge in [-0.15, -0.1) is 0 Å². The average molecular weight is 175 g/mol. The number of aliphatic hydroxyl groups is 1. The van der Waals surface area contributed by atoms with Crippen molar-refractivity contribution in [3.8, 4) is 5.69 Å². The Bertz CT molecular complexity index is 383. The molecule has 0 aliphatic carbocycles. The van der Waals surface area contributed by atoms with Gasteiger partial charge in [0.2, 0.25) is 0 Å². The van der Waals surface area contributed by atoms with Crippen molar-refractivity contribution in [2.24, 2.45) is 0 Å². The second-order valence-electron chi connectivity index (χ2n) is 2.66. The molecule has 0 radical (unpaired) electrons. The minimum absolute atomic E-state index is 0.0141. The largest absolute Gasteiger partial charge is 0.392 e. The Labute approximate surface area is 75.5 Å². The normalized spacial score (nSPS) is 10.2. The first-order valence-electron chi connectivity index (χ1n) is 3.95. The topological polar surface area (TPSA) is 50.9 Å². The second kappa shape index (κ2) is 3.37. The van der Waals surface area contributed by atoms with Crippen LogP contribution in [0, 0.1) is 0 Å². The fraction of sp³-hybridized carbons (Fsp3) is 0.111. The summed E-state index contributed by atoms with van der Waals surface area (Å²) in [6, 6.07) is 3.75. The molecule has 4 nitrogen and oxygen atoms in total. The summed E-state index contributed by atoms with van der Waals surface area (Å²) in [6.45, 7) is 0.0141. The Kier molecular flexibility index (Phi) is 2.06. The van der Waals surface area contributed by atoms with E-state index >= 15 is 0 Å². The van der Waals surface area contributed by atoms with E-state index in [-0.39, 0.29) is 6.61 Å².